The summed E-state index contributed by atoms with van der Waals surface area (Å²) in [4.78, 5) is 13.0. The van der Waals surface area contributed by atoms with Crippen molar-refractivity contribution >= 4 is 5.78 Å². The molecule has 1 fully saturated rings. The molecule has 0 bridgehead atoms. The minimum atomic E-state index is -0.631. The first-order chi connectivity index (χ1) is 16.8. The Kier molecular flexibility index (Phi) is 7.89. The van der Waals surface area contributed by atoms with Crippen LogP contribution in [0.4, 0.5) is 0 Å². The second-order valence-electron chi connectivity index (χ2n) is 9.76. The standard InChI is InChI=1S/C30H34O5/c1-21(2)17-27(31)26-16-15-24(18-28(26)32-19-25-20-33-30(3,4)35-25)34-29(22-11-7-5-8-12-22)23-13-9-6-10-14-23/h5-16,18,21,25,29H,17,19-20H2,1-4H3/t25-/m1/s1. The Hall–Kier alpha value is -3.15. The second kappa shape index (κ2) is 11.1. The van der Waals surface area contributed by atoms with Crippen LogP contribution in [-0.4, -0.2) is 30.9 Å². The third-order valence-corrected chi connectivity index (χ3v) is 5.80. The summed E-state index contributed by atoms with van der Waals surface area (Å²) in [6.07, 6.45) is -0.0534. The molecule has 3 aromatic carbocycles. The van der Waals surface area contributed by atoms with Gasteiger partial charge in [-0.2, -0.15) is 0 Å². The van der Waals surface area contributed by atoms with Gasteiger partial charge in [0, 0.05) is 12.5 Å². The zero-order chi connectivity index (χ0) is 24.8. The van der Waals surface area contributed by atoms with E-state index < -0.39 is 5.79 Å². The van der Waals surface area contributed by atoms with Crippen LogP contribution >= 0.6 is 0 Å². The Morgan fingerprint density at radius 2 is 1.60 bits per heavy atom. The fourth-order valence-electron chi connectivity index (χ4n) is 4.15. The maximum absolute atomic E-state index is 13.0. The molecule has 0 aliphatic carbocycles. The highest BCUT2D eigenvalue weighted by Gasteiger charge is 2.33. The van der Waals surface area contributed by atoms with Gasteiger partial charge in [-0.15, -0.1) is 0 Å². The lowest BCUT2D eigenvalue weighted by atomic mass is 10.00. The van der Waals surface area contributed by atoms with Gasteiger partial charge in [-0.05, 0) is 43.0 Å². The van der Waals surface area contributed by atoms with Crippen LogP contribution in [0.2, 0.25) is 0 Å². The number of benzene rings is 3. The van der Waals surface area contributed by atoms with Gasteiger partial charge in [-0.3, -0.25) is 4.79 Å². The summed E-state index contributed by atoms with van der Waals surface area (Å²) < 4.78 is 24.2. The molecule has 1 heterocycles. The van der Waals surface area contributed by atoms with Crippen molar-refractivity contribution < 1.29 is 23.7 Å². The molecule has 0 radical (unpaired) electrons. The first-order valence-electron chi connectivity index (χ1n) is 12.2. The van der Waals surface area contributed by atoms with Gasteiger partial charge in [0.2, 0.25) is 0 Å². The van der Waals surface area contributed by atoms with Crippen molar-refractivity contribution in [2.45, 2.75) is 52.1 Å². The number of ether oxygens (including phenoxy) is 4. The molecule has 0 amide bonds. The molecule has 1 aliphatic heterocycles. The van der Waals surface area contributed by atoms with Crippen LogP contribution in [0.25, 0.3) is 0 Å². The molecule has 0 unspecified atom stereocenters. The number of carbonyl (C=O) groups is 1. The Morgan fingerprint density at radius 3 is 2.14 bits per heavy atom. The van der Waals surface area contributed by atoms with Crippen LogP contribution in [0.15, 0.2) is 78.9 Å². The lowest BCUT2D eigenvalue weighted by Crippen LogP contribution is -2.25. The number of rotatable bonds is 10. The fourth-order valence-corrected chi connectivity index (χ4v) is 4.15. The molecule has 1 saturated heterocycles. The van der Waals surface area contributed by atoms with Crippen LogP contribution < -0.4 is 9.47 Å². The Labute approximate surface area is 208 Å². The first kappa shape index (κ1) is 25.0. The molecule has 5 heteroatoms. The minimum Gasteiger partial charge on any atom is -0.490 e. The Balaban J connectivity index is 1.61. The topological polar surface area (TPSA) is 54.0 Å². The summed E-state index contributed by atoms with van der Waals surface area (Å²) in [6.45, 7) is 8.56. The van der Waals surface area contributed by atoms with Gasteiger partial charge in [-0.25, -0.2) is 0 Å². The quantitative estimate of drug-likeness (QED) is 0.309. The predicted octanol–water partition coefficient (Wildman–Crippen LogP) is 6.61. The summed E-state index contributed by atoms with van der Waals surface area (Å²) in [5.41, 5.74) is 2.64. The lowest BCUT2D eigenvalue weighted by Gasteiger charge is -2.22. The molecule has 184 valence electrons. The van der Waals surface area contributed by atoms with Crippen molar-refractivity contribution in [3.63, 3.8) is 0 Å². The van der Waals surface area contributed by atoms with E-state index in [2.05, 4.69) is 24.3 Å². The van der Waals surface area contributed by atoms with Gasteiger partial charge in [-0.1, -0.05) is 74.5 Å². The average Bonchev–Trinajstić information content (AvgIpc) is 3.20. The molecular weight excluding hydrogens is 440 g/mol. The highest BCUT2D eigenvalue weighted by Crippen LogP contribution is 2.33. The first-order valence-corrected chi connectivity index (χ1v) is 12.2. The third-order valence-electron chi connectivity index (χ3n) is 5.80. The highest BCUT2D eigenvalue weighted by molar-refractivity contribution is 5.99. The van der Waals surface area contributed by atoms with Crippen molar-refractivity contribution in [1.29, 1.82) is 0 Å². The number of carbonyl (C=O) groups excluding carboxylic acids is 1. The van der Waals surface area contributed by atoms with E-state index in [1.165, 1.54) is 0 Å². The van der Waals surface area contributed by atoms with Crippen molar-refractivity contribution in [3.05, 3.63) is 95.6 Å². The van der Waals surface area contributed by atoms with E-state index in [9.17, 15) is 4.79 Å². The summed E-state index contributed by atoms with van der Waals surface area (Å²) in [6, 6.07) is 25.6. The number of hydrogen-bond acceptors (Lipinski definition) is 5. The molecule has 1 atom stereocenters. The van der Waals surface area contributed by atoms with Gasteiger partial charge in [0.25, 0.3) is 0 Å². The van der Waals surface area contributed by atoms with Crippen LogP contribution in [-0.2, 0) is 9.47 Å². The normalized spacial score (nSPS) is 17.0. The molecular formula is C30H34O5. The molecule has 0 N–H and O–H groups in total. The van der Waals surface area contributed by atoms with E-state index in [4.69, 9.17) is 18.9 Å². The lowest BCUT2D eigenvalue weighted by molar-refractivity contribution is -0.141. The molecule has 0 aromatic heterocycles. The fraction of sp³-hybridized carbons (Fsp3) is 0.367. The zero-order valence-corrected chi connectivity index (χ0v) is 20.9. The molecule has 1 aliphatic rings. The highest BCUT2D eigenvalue weighted by atomic mass is 16.7. The second-order valence-corrected chi connectivity index (χ2v) is 9.76. The SMILES string of the molecule is CC(C)CC(=O)c1ccc(OC(c2ccccc2)c2ccccc2)cc1OC[C@@H]1COC(C)(C)O1. The van der Waals surface area contributed by atoms with Crippen molar-refractivity contribution in [2.24, 2.45) is 5.92 Å². The van der Waals surface area contributed by atoms with E-state index in [0.717, 1.165) is 11.1 Å². The number of ketones is 1. The number of Topliss-reactive ketones (excluding diaryl/α,β-unsaturated/α-hetero) is 1. The van der Waals surface area contributed by atoms with E-state index in [1.54, 1.807) is 6.07 Å². The summed E-state index contributed by atoms with van der Waals surface area (Å²) >= 11 is 0. The van der Waals surface area contributed by atoms with E-state index in [-0.39, 0.29) is 30.5 Å². The van der Waals surface area contributed by atoms with E-state index in [1.807, 2.05) is 76.2 Å². The molecule has 4 rings (SSSR count). The summed E-state index contributed by atoms with van der Waals surface area (Å²) in [7, 11) is 0. The van der Waals surface area contributed by atoms with Gasteiger partial charge < -0.3 is 18.9 Å². The summed E-state index contributed by atoms with van der Waals surface area (Å²) in [5, 5.41) is 0. The van der Waals surface area contributed by atoms with Crippen molar-refractivity contribution in [3.8, 4) is 11.5 Å². The molecule has 3 aromatic rings. The van der Waals surface area contributed by atoms with E-state index in [0.29, 0.717) is 30.1 Å². The summed E-state index contributed by atoms with van der Waals surface area (Å²) in [5.74, 6) is 0.796. The maximum atomic E-state index is 13.0. The van der Waals surface area contributed by atoms with Crippen molar-refractivity contribution in [2.75, 3.05) is 13.2 Å². The predicted molar refractivity (Wildman–Crippen MR) is 136 cm³/mol. The molecule has 35 heavy (non-hydrogen) atoms. The van der Waals surface area contributed by atoms with Crippen LogP contribution in [0.1, 0.15) is 61.7 Å². The van der Waals surface area contributed by atoms with Crippen LogP contribution in [0.3, 0.4) is 0 Å². The van der Waals surface area contributed by atoms with Gasteiger partial charge in [0.15, 0.2) is 11.6 Å². The zero-order valence-electron chi connectivity index (χ0n) is 20.9. The van der Waals surface area contributed by atoms with Crippen LogP contribution in [0.5, 0.6) is 11.5 Å². The Morgan fingerprint density at radius 1 is 0.971 bits per heavy atom. The molecule has 5 nitrogen and oxygen atoms in total. The van der Waals surface area contributed by atoms with Gasteiger partial charge in [0.05, 0.1) is 12.2 Å². The smallest absolute Gasteiger partial charge is 0.166 e. The average molecular weight is 475 g/mol. The monoisotopic (exact) mass is 474 g/mol. The third kappa shape index (κ3) is 6.71. The van der Waals surface area contributed by atoms with Crippen molar-refractivity contribution in [1.82, 2.24) is 0 Å². The molecule has 0 spiro atoms. The van der Waals surface area contributed by atoms with Gasteiger partial charge in [0.1, 0.15) is 30.3 Å². The molecule has 0 saturated carbocycles. The van der Waals surface area contributed by atoms with Crippen LogP contribution in [0, 0.1) is 5.92 Å². The van der Waals surface area contributed by atoms with E-state index >= 15 is 0 Å². The van der Waals surface area contributed by atoms with Gasteiger partial charge >= 0.3 is 0 Å². The Bertz CT molecular complexity index is 1070. The maximum Gasteiger partial charge on any atom is 0.166 e. The largest absolute Gasteiger partial charge is 0.490 e. The number of hydrogen-bond donors (Lipinski definition) is 0. The minimum absolute atomic E-state index is 0.0492.